The van der Waals surface area contributed by atoms with Crippen LogP contribution in [0.25, 0.3) is 22.2 Å². The summed E-state index contributed by atoms with van der Waals surface area (Å²) < 4.78 is 51.2. The number of carbonyl (C=O) groups is 1. The summed E-state index contributed by atoms with van der Waals surface area (Å²) in [5.41, 5.74) is 0.820. The van der Waals surface area contributed by atoms with Gasteiger partial charge in [-0.05, 0) is 61.7 Å². The standard InChI is InChI=1S/C37H46F3N3O3/c1-5-6-7-8-9-10-11-12-13-18-33-41-34(46-43-33)31-24-23-30(28-16-14-15-17-29(28)31)32(45-35(44)42-36(2,3)4)25-26-19-21-27(22-20-26)37(38,39)40/h14-17,19-24,32H,5-13,18,25H2,1-4H3,(H,42,44). The molecule has 1 N–H and O–H groups in total. The molecule has 4 aromatic rings. The highest BCUT2D eigenvalue weighted by atomic mass is 19.4. The molecule has 9 heteroatoms. The fraction of sp³-hybridized carbons (Fsp3) is 0.486. The van der Waals surface area contributed by atoms with Crippen molar-refractivity contribution in [3.63, 3.8) is 0 Å². The average molecular weight is 638 g/mol. The number of carbonyl (C=O) groups excluding carboxylic acids is 1. The SMILES string of the molecule is CCCCCCCCCCCc1noc(-c2ccc(C(Cc3ccc(C(F)(F)F)cc3)OC(=O)NC(C)(C)C)c3ccccc23)n1. The summed E-state index contributed by atoms with van der Waals surface area (Å²) in [6.07, 6.45) is 6.27. The van der Waals surface area contributed by atoms with Gasteiger partial charge in [0, 0.05) is 29.5 Å². The molecule has 0 radical (unpaired) electrons. The molecule has 1 atom stereocenters. The second kappa shape index (κ2) is 16.1. The molecule has 1 unspecified atom stereocenters. The topological polar surface area (TPSA) is 77.2 Å². The summed E-state index contributed by atoms with van der Waals surface area (Å²) in [6, 6.07) is 16.3. The maximum absolute atomic E-state index is 13.2. The van der Waals surface area contributed by atoms with E-state index in [1.165, 1.54) is 57.1 Å². The van der Waals surface area contributed by atoms with Crippen molar-refractivity contribution in [3.05, 3.63) is 83.2 Å². The summed E-state index contributed by atoms with van der Waals surface area (Å²) in [4.78, 5) is 17.6. The fourth-order valence-electron chi connectivity index (χ4n) is 5.57. The number of ether oxygens (including phenoxy) is 1. The Labute approximate surface area is 270 Å². The summed E-state index contributed by atoms with van der Waals surface area (Å²) in [6.45, 7) is 7.77. The van der Waals surface area contributed by atoms with Crippen LogP contribution in [-0.2, 0) is 23.8 Å². The summed E-state index contributed by atoms with van der Waals surface area (Å²) in [5, 5.41) is 8.71. The third-order valence-electron chi connectivity index (χ3n) is 7.94. The molecule has 46 heavy (non-hydrogen) atoms. The maximum Gasteiger partial charge on any atom is 0.416 e. The number of hydrogen-bond donors (Lipinski definition) is 1. The van der Waals surface area contributed by atoms with Crippen LogP contribution in [0.5, 0.6) is 0 Å². The Morgan fingerprint density at radius 2 is 1.48 bits per heavy atom. The number of amides is 1. The number of rotatable bonds is 15. The van der Waals surface area contributed by atoms with E-state index in [2.05, 4.69) is 17.4 Å². The minimum Gasteiger partial charge on any atom is -0.441 e. The zero-order valence-electron chi connectivity index (χ0n) is 27.4. The van der Waals surface area contributed by atoms with E-state index in [4.69, 9.17) is 14.2 Å². The van der Waals surface area contributed by atoms with Crippen molar-refractivity contribution in [1.29, 1.82) is 0 Å². The molecule has 0 aliphatic carbocycles. The van der Waals surface area contributed by atoms with E-state index in [-0.39, 0.29) is 6.42 Å². The van der Waals surface area contributed by atoms with Crippen LogP contribution in [-0.4, -0.2) is 21.8 Å². The zero-order valence-corrected chi connectivity index (χ0v) is 27.4. The number of aryl methyl sites for hydroxylation is 1. The van der Waals surface area contributed by atoms with Crippen LogP contribution in [0.2, 0.25) is 0 Å². The highest BCUT2D eigenvalue weighted by molar-refractivity contribution is 5.97. The van der Waals surface area contributed by atoms with Gasteiger partial charge in [-0.25, -0.2) is 4.79 Å². The molecule has 0 aliphatic heterocycles. The molecule has 0 bridgehead atoms. The quantitative estimate of drug-likeness (QED) is 0.131. The van der Waals surface area contributed by atoms with Crippen LogP contribution in [0, 0.1) is 0 Å². The van der Waals surface area contributed by atoms with Gasteiger partial charge < -0.3 is 14.6 Å². The predicted octanol–water partition coefficient (Wildman–Crippen LogP) is 10.8. The molecule has 0 saturated heterocycles. The van der Waals surface area contributed by atoms with Crippen LogP contribution in [0.1, 0.15) is 114 Å². The maximum atomic E-state index is 13.2. The van der Waals surface area contributed by atoms with E-state index in [1.54, 1.807) is 0 Å². The van der Waals surface area contributed by atoms with E-state index in [0.717, 1.165) is 53.3 Å². The number of benzene rings is 3. The number of alkyl carbamates (subject to hydrolysis) is 1. The van der Waals surface area contributed by atoms with E-state index >= 15 is 0 Å². The van der Waals surface area contributed by atoms with Crippen LogP contribution >= 0.6 is 0 Å². The first-order valence-electron chi connectivity index (χ1n) is 16.4. The molecule has 6 nitrogen and oxygen atoms in total. The highest BCUT2D eigenvalue weighted by Crippen LogP contribution is 2.36. The Bertz CT molecular complexity index is 1540. The number of nitrogens with zero attached hydrogens (tertiary/aromatic N) is 2. The molecule has 1 aromatic heterocycles. The van der Waals surface area contributed by atoms with Crippen molar-refractivity contribution in [1.82, 2.24) is 15.5 Å². The van der Waals surface area contributed by atoms with Crippen molar-refractivity contribution >= 4 is 16.9 Å². The van der Waals surface area contributed by atoms with Gasteiger partial charge in [0.15, 0.2) is 5.82 Å². The lowest BCUT2D eigenvalue weighted by atomic mass is 9.93. The number of halogens is 3. The van der Waals surface area contributed by atoms with Crippen molar-refractivity contribution in [2.24, 2.45) is 0 Å². The Balaban J connectivity index is 1.53. The highest BCUT2D eigenvalue weighted by Gasteiger charge is 2.30. The van der Waals surface area contributed by atoms with Gasteiger partial charge in [0.2, 0.25) is 0 Å². The monoisotopic (exact) mass is 637 g/mol. The molecule has 4 rings (SSSR count). The fourth-order valence-corrected chi connectivity index (χ4v) is 5.57. The van der Waals surface area contributed by atoms with Crippen LogP contribution in [0.4, 0.5) is 18.0 Å². The summed E-state index contributed by atoms with van der Waals surface area (Å²) >= 11 is 0. The minimum atomic E-state index is -4.44. The third-order valence-corrected chi connectivity index (χ3v) is 7.94. The molecule has 248 valence electrons. The van der Waals surface area contributed by atoms with E-state index < -0.39 is 29.5 Å². The van der Waals surface area contributed by atoms with Crippen molar-refractivity contribution in [3.8, 4) is 11.5 Å². The van der Waals surface area contributed by atoms with Crippen LogP contribution in [0.15, 0.2) is 65.2 Å². The molecule has 0 fully saturated rings. The summed E-state index contributed by atoms with van der Waals surface area (Å²) in [5.74, 6) is 1.09. The lowest BCUT2D eigenvalue weighted by molar-refractivity contribution is -0.137. The molecule has 1 heterocycles. The van der Waals surface area contributed by atoms with Gasteiger partial charge in [-0.1, -0.05) is 106 Å². The zero-order chi connectivity index (χ0) is 33.2. The van der Waals surface area contributed by atoms with Gasteiger partial charge in [0.25, 0.3) is 5.89 Å². The van der Waals surface area contributed by atoms with E-state index in [0.29, 0.717) is 17.3 Å². The predicted molar refractivity (Wildman–Crippen MR) is 175 cm³/mol. The Kier molecular flexibility index (Phi) is 12.2. The lowest BCUT2D eigenvalue weighted by Gasteiger charge is -2.25. The van der Waals surface area contributed by atoms with Crippen molar-refractivity contribution in [2.75, 3.05) is 0 Å². The number of hydrogen-bond acceptors (Lipinski definition) is 5. The molecule has 0 saturated carbocycles. The number of unbranched alkanes of at least 4 members (excludes halogenated alkanes) is 8. The van der Waals surface area contributed by atoms with Gasteiger partial charge in [0.1, 0.15) is 6.10 Å². The first-order chi connectivity index (χ1) is 21.9. The second-order valence-electron chi connectivity index (χ2n) is 13.0. The number of fused-ring (bicyclic) bond motifs is 1. The first-order valence-corrected chi connectivity index (χ1v) is 16.4. The Morgan fingerprint density at radius 1 is 0.848 bits per heavy atom. The van der Waals surface area contributed by atoms with Gasteiger partial charge in [-0.3, -0.25) is 0 Å². The van der Waals surface area contributed by atoms with Crippen LogP contribution in [0.3, 0.4) is 0 Å². The van der Waals surface area contributed by atoms with Gasteiger partial charge >= 0.3 is 12.3 Å². The second-order valence-corrected chi connectivity index (χ2v) is 13.0. The number of nitrogens with one attached hydrogen (secondary N) is 1. The Morgan fingerprint density at radius 3 is 2.11 bits per heavy atom. The van der Waals surface area contributed by atoms with Crippen molar-refractivity contribution < 1.29 is 27.2 Å². The molecular formula is C37H46F3N3O3. The lowest BCUT2D eigenvalue weighted by Crippen LogP contribution is -2.41. The Hall–Kier alpha value is -3.88. The van der Waals surface area contributed by atoms with Gasteiger partial charge in [0.05, 0.1) is 5.56 Å². The first kappa shape index (κ1) is 35.0. The molecule has 0 spiro atoms. The smallest absolute Gasteiger partial charge is 0.416 e. The summed E-state index contributed by atoms with van der Waals surface area (Å²) in [7, 11) is 0. The number of aromatic nitrogens is 2. The van der Waals surface area contributed by atoms with E-state index in [9.17, 15) is 18.0 Å². The average Bonchev–Trinajstić information content (AvgIpc) is 3.47. The van der Waals surface area contributed by atoms with Crippen LogP contribution < -0.4 is 5.32 Å². The normalized spacial score (nSPS) is 12.8. The van der Waals surface area contributed by atoms with Crippen molar-refractivity contribution in [2.45, 2.75) is 116 Å². The number of alkyl halides is 3. The largest absolute Gasteiger partial charge is 0.441 e. The third kappa shape index (κ3) is 10.3. The molecule has 3 aromatic carbocycles. The minimum absolute atomic E-state index is 0.183. The molecule has 1 amide bonds. The van der Waals surface area contributed by atoms with Gasteiger partial charge in [-0.2, -0.15) is 18.2 Å². The molecule has 0 aliphatic rings. The van der Waals surface area contributed by atoms with E-state index in [1.807, 2.05) is 57.2 Å². The van der Waals surface area contributed by atoms with Gasteiger partial charge in [-0.15, -0.1) is 0 Å². The molecular weight excluding hydrogens is 591 g/mol.